The number of carbonyl (C=O) groups excluding carboxylic acids is 2. The van der Waals surface area contributed by atoms with E-state index in [-0.39, 0.29) is 11.4 Å². The van der Waals surface area contributed by atoms with Gasteiger partial charge in [0.15, 0.2) is 16.7 Å². The zero-order valence-electron chi connectivity index (χ0n) is 10.7. The molecule has 1 heterocycles. The van der Waals surface area contributed by atoms with Crippen LogP contribution in [0.5, 0.6) is 0 Å². The highest BCUT2D eigenvalue weighted by Gasteiger charge is 2.22. The number of ether oxygens (including phenoxy) is 1. The highest BCUT2D eigenvalue weighted by molar-refractivity contribution is 9.10. The van der Waals surface area contributed by atoms with E-state index in [1.165, 1.54) is 7.11 Å². The van der Waals surface area contributed by atoms with Crippen molar-refractivity contribution >= 4 is 33.9 Å². The summed E-state index contributed by atoms with van der Waals surface area (Å²) in [7, 11) is 1.25. The van der Waals surface area contributed by atoms with E-state index >= 15 is 0 Å². The van der Waals surface area contributed by atoms with Crippen LogP contribution >= 0.6 is 15.9 Å². The predicted octanol–water partition coefficient (Wildman–Crippen LogP) is 1.88. The molecule has 0 saturated carbocycles. The maximum absolute atomic E-state index is 11.8. The summed E-state index contributed by atoms with van der Waals surface area (Å²) in [4.78, 5) is 26.8. The van der Waals surface area contributed by atoms with Crippen LogP contribution in [0.15, 0.2) is 29.0 Å². The van der Waals surface area contributed by atoms with Crippen LogP contribution in [-0.2, 0) is 11.3 Å². The summed E-state index contributed by atoms with van der Waals surface area (Å²) in [6, 6.07) is 7.26. The summed E-state index contributed by atoms with van der Waals surface area (Å²) in [5, 5.41) is 0. The number of aromatic nitrogens is 2. The summed E-state index contributed by atoms with van der Waals surface area (Å²) >= 11 is 3.23. The van der Waals surface area contributed by atoms with E-state index in [2.05, 4.69) is 25.7 Å². The fraction of sp³-hybridized carbons (Fsp3) is 0.154. The van der Waals surface area contributed by atoms with Gasteiger partial charge in [-0.2, -0.15) is 0 Å². The van der Waals surface area contributed by atoms with Gasteiger partial charge in [0, 0.05) is 5.69 Å². The minimum atomic E-state index is -0.625. The smallest absolute Gasteiger partial charge is 0.357 e. The standard InChI is InChI=1S/C13H12BrN3O3/c1-20-12(19)11-10(7-18)16-13(14)17(11)6-8-4-2-3-5-9(8)15/h2-5,7H,6,15H2,1H3. The summed E-state index contributed by atoms with van der Waals surface area (Å²) in [5.41, 5.74) is 7.41. The van der Waals surface area contributed by atoms with Crippen LogP contribution in [0.2, 0.25) is 0 Å². The van der Waals surface area contributed by atoms with Gasteiger partial charge in [-0.3, -0.25) is 4.79 Å². The van der Waals surface area contributed by atoms with E-state index in [4.69, 9.17) is 5.73 Å². The van der Waals surface area contributed by atoms with Crippen molar-refractivity contribution in [2.24, 2.45) is 0 Å². The third-order valence-electron chi connectivity index (χ3n) is 2.82. The quantitative estimate of drug-likeness (QED) is 0.522. The molecule has 1 aromatic heterocycles. The molecule has 0 bridgehead atoms. The largest absolute Gasteiger partial charge is 0.464 e. The van der Waals surface area contributed by atoms with E-state index in [0.717, 1.165) is 5.56 Å². The monoisotopic (exact) mass is 337 g/mol. The number of carbonyl (C=O) groups is 2. The Bertz CT molecular complexity index is 667. The second-order valence-corrected chi connectivity index (χ2v) is 4.72. The Labute approximate surface area is 123 Å². The van der Waals surface area contributed by atoms with Crippen molar-refractivity contribution in [2.45, 2.75) is 6.54 Å². The van der Waals surface area contributed by atoms with Crippen molar-refractivity contribution in [3.8, 4) is 0 Å². The molecule has 0 aliphatic carbocycles. The highest BCUT2D eigenvalue weighted by atomic mass is 79.9. The maximum Gasteiger partial charge on any atom is 0.357 e. The lowest BCUT2D eigenvalue weighted by molar-refractivity contribution is 0.0586. The fourth-order valence-corrected chi connectivity index (χ4v) is 2.32. The summed E-state index contributed by atoms with van der Waals surface area (Å²) in [6.45, 7) is 0.304. The Balaban J connectivity index is 2.51. The number of benzene rings is 1. The second-order valence-electron chi connectivity index (χ2n) is 4.01. The molecule has 20 heavy (non-hydrogen) atoms. The molecule has 6 nitrogen and oxygen atoms in total. The first-order valence-electron chi connectivity index (χ1n) is 5.71. The summed E-state index contributed by atoms with van der Waals surface area (Å²) in [5.74, 6) is -0.625. The Morgan fingerprint density at radius 2 is 2.20 bits per heavy atom. The number of hydrogen-bond acceptors (Lipinski definition) is 5. The number of rotatable bonds is 4. The van der Waals surface area contributed by atoms with Crippen LogP contribution < -0.4 is 5.73 Å². The Hall–Kier alpha value is -2.15. The number of nitrogens with two attached hydrogens (primary N) is 1. The molecule has 2 N–H and O–H groups in total. The first-order chi connectivity index (χ1) is 9.58. The molecule has 104 valence electrons. The molecule has 0 aliphatic rings. The van der Waals surface area contributed by atoms with Crippen molar-refractivity contribution in [2.75, 3.05) is 12.8 Å². The number of hydrogen-bond donors (Lipinski definition) is 1. The van der Waals surface area contributed by atoms with E-state index in [9.17, 15) is 9.59 Å². The van der Waals surface area contributed by atoms with E-state index < -0.39 is 5.97 Å². The molecule has 7 heteroatoms. The third-order valence-corrected chi connectivity index (χ3v) is 3.43. The molecule has 0 unspecified atom stereocenters. The number of nitrogens with zero attached hydrogens (tertiary/aromatic N) is 2. The van der Waals surface area contributed by atoms with Crippen molar-refractivity contribution in [1.29, 1.82) is 0 Å². The Kier molecular flexibility index (Phi) is 4.19. The molecule has 0 amide bonds. The zero-order valence-corrected chi connectivity index (χ0v) is 12.3. The summed E-state index contributed by atoms with van der Waals surface area (Å²) in [6.07, 6.45) is 0.516. The van der Waals surface area contributed by atoms with Crippen LogP contribution in [0.3, 0.4) is 0 Å². The number of para-hydroxylation sites is 1. The molecule has 0 radical (unpaired) electrons. The number of imidazole rings is 1. The predicted molar refractivity (Wildman–Crippen MR) is 76.6 cm³/mol. The van der Waals surface area contributed by atoms with E-state index in [1.54, 1.807) is 10.6 Å². The lowest BCUT2D eigenvalue weighted by atomic mass is 10.2. The first-order valence-corrected chi connectivity index (χ1v) is 6.50. The Morgan fingerprint density at radius 3 is 2.80 bits per heavy atom. The van der Waals surface area contributed by atoms with Gasteiger partial charge >= 0.3 is 5.97 Å². The number of halogens is 1. The van der Waals surface area contributed by atoms with Crippen LogP contribution in [0, 0.1) is 0 Å². The van der Waals surface area contributed by atoms with Crippen molar-refractivity contribution < 1.29 is 14.3 Å². The van der Waals surface area contributed by atoms with Gasteiger partial charge in [0.1, 0.15) is 5.69 Å². The van der Waals surface area contributed by atoms with Gasteiger partial charge in [0.25, 0.3) is 0 Å². The molecule has 0 saturated heterocycles. The second kappa shape index (κ2) is 5.87. The third kappa shape index (κ3) is 2.57. The molecular formula is C13H12BrN3O3. The van der Waals surface area contributed by atoms with Crippen LogP contribution in [-0.4, -0.2) is 28.9 Å². The summed E-state index contributed by atoms with van der Waals surface area (Å²) < 4.78 is 6.60. The maximum atomic E-state index is 11.8. The SMILES string of the molecule is COC(=O)c1c(C=O)nc(Br)n1Cc1ccccc1N. The minimum Gasteiger partial charge on any atom is -0.464 e. The average molecular weight is 338 g/mol. The molecule has 0 aliphatic heterocycles. The van der Waals surface area contributed by atoms with E-state index in [0.29, 0.717) is 23.3 Å². The van der Waals surface area contributed by atoms with Gasteiger partial charge in [-0.15, -0.1) is 0 Å². The van der Waals surface area contributed by atoms with Crippen LogP contribution in [0.4, 0.5) is 5.69 Å². The van der Waals surface area contributed by atoms with Gasteiger partial charge in [-0.1, -0.05) is 18.2 Å². The average Bonchev–Trinajstić information content (AvgIpc) is 2.77. The fourth-order valence-electron chi connectivity index (χ4n) is 1.83. The molecule has 2 rings (SSSR count). The highest BCUT2D eigenvalue weighted by Crippen LogP contribution is 2.21. The number of esters is 1. The molecule has 1 aromatic carbocycles. The van der Waals surface area contributed by atoms with Crippen molar-refractivity contribution in [1.82, 2.24) is 9.55 Å². The van der Waals surface area contributed by atoms with Crippen LogP contribution in [0.25, 0.3) is 0 Å². The van der Waals surface area contributed by atoms with Crippen molar-refractivity contribution in [3.63, 3.8) is 0 Å². The number of aldehydes is 1. The van der Waals surface area contributed by atoms with Crippen LogP contribution in [0.1, 0.15) is 26.5 Å². The lowest BCUT2D eigenvalue weighted by Gasteiger charge is -2.10. The molecule has 0 spiro atoms. The number of methoxy groups -OCH3 is 1. The lowest BCUT2D eigenvalue weighted by Crippen LogP contribution is -2.14. The minimum absolute atomic E-state index is 0.0261. The zero-order chi connectivity index (χ0) is 14.7. The van der Waals surface area contributed by atoms with Gasteiger partial charge in [0.05, 0.1) is 13.7 Å². The molecule has 0 atom stereocenters. The molecule has 2 aromatic rings. The van der Waals surface area contributed by atoms with E-state index in [1.807, 2.05) is 18.2 Å². The topological polar surface area (TPSA) is 87.2 Å². The number of nitrogen functional groups attached to an aromatic ring is 1. The molecule has 0 fully saturated rings. The number of anilines is 1. The van der Waals surface area contributed by atoms with Gasteiger partial charge < -0.3 is 15.0 Å². The van der Waals surface area contributed by atoms with Gasteiger partial charge in [-0.05, 0) is 27.6 Å². The molecular weight excluding hydrogens is 326 g/mol. The first kappa shape index (κ1) is 14.3. The van der Waals surface area contributed by atoms with Crippen molar-refractivity contribution in [3.05, 3.63) is 46.0 Å². The Morgan fingerprint density at radius 1 is 1.50 bits per heavy atom. The van der Waals surface area contributed by atoms with Gasteiger partial charge in [0.2, 0.25) is 0 Å². The van der Waals surface area contributed by atoms with Gasteiger partial charge in [-0.25, -0.2) is 9.78 Å². The normalized spacial score (nSPS) is 10.3.